The quantitative estimate of drug-likeness (QED) is 0.622. The lowest BCUT2D eigenvalue weighted by molar-refractivity contribution is 0.162. The van der Waals surface area contributed by atoms with Crippen LogP contribution in [0.2, 0.25) is 5.02 Å². The molecule has 0 saturated carbocycles. The molecule has 0 unspecified atom stereocenters. The molecule has 0 fully saturated rings. The number of rotatable bonds is 7. The fraction of sp³-hybridized carbons (Fsp3) is 0.385. The average Bonchev–Trinajstić information content (AvgIpc) is 2.31. The first-order valence-corrected chi connectivity index (χ1v) is 7.67. The van der Waals surface area contributed by atoms with Crippen LogP contribution in [-0.4, -0.2) is 28.2 Å². The van der Waals surface area contributed by atoms with Gasteiger partial charge < -0.3 is 4.74 Å². The number of aryl methyl sites for hydroxylation is 1. The molecule has 106 valence electrons. The highest BCUT2D eigenvalue weighted by Crippen LogP contribution is 2.19. The first kappa shape index (κ1) is 16.2. The van der Waals surface area contributed by atoms with E-state index in [1.54, 1.807) is 19.1 Å². The van der Waals surface area contributed by atoms with E-state index in [9.17, 15) is 8.42 Å². The molecule has 0 aromatic heterocycles. The van der Waals surface area contributed by atoms with Crippen molar-refractivity contribution in [1.29, 1.82) is 0 Å². The van der Waals surface area contributed by atoms with Crippen LogP contribution in [0.15, 0.2) is 35.2 Å². The smallest absolute Gasteiger partial charge is 0.240 e. The third-order valence-corrected chi connectivity index (χ3v) is 4.16. The highest BCUT2D eigenvalue weighted by molar-refractivity contribution is 7.89. The summed E-state index contributed by atoms with van der Waals surface area (Å²) in [7, 11) is -3.55. The van der Waals surface area contributed by atoms with Crippen LogP contribution in [0, 0.1) is 6.92 Å². The highest BCUT2D eigenvalue weighted by atomic mass is 35.5. The van der Waals surface area contributed by atoms with E-state index in [2.05, 4.69) is 11.3 Å². The minimum absolute atomic E-state index is 0.194. The van der Waals surface area contributed by atoms with Crippen LogP contribution in [0.4, 0.5) is 0 Å². The Morgan fingerprint density at radius 3 is 2.79 bits per heavy atom. The monoisotopic (exact) mass is 303 g/mol. The van der Waals surface area contributed by atoms with Gasteiger partial charge in [0.1, 0.15) is 0 Å². The Hall–Kier alpha value is -0.880. The van der Waals surface area contributed by atoms with E-state index >= 15 is 0 Å². The van der Waals surface area contributed by atoms with E-state index in [0.29, 0.717) is 23.8 Å². The van der Waals surface area contributed by atoms with Gasteiger partial charge in [-0.3, -0.25) is 0 Å². The molecule has 0 aliphatic heterocycles. The van der Waals surface area contributed by atoms with Gasteiger partial charge in [0.15, 0.2) is 0 Å². The summed E-state index contributed by atoms with van der Waals surface area (Å²) in [5, 5.41) is 0.393. The first-order valence-electron chi connectivity index (χ1n) is 5.81. The molecule has 1 rings (SSSR count). The second-order valence-electron chi connectivity index (χ2n) is 4.32. The predicted molar refractivity (Wildman–Crippen MR) is 77.0 cm³/mol. The van der Waals surface area contributed by atoms with Crippen LogP contribution >= 0.6 is 11.6 Å². The summed E-state index contributed by atoms with van der Waals surface area (Å²) < 4.78 is 31.8. The molecule has 0 spiro atoms. The Kier molecular flexibility index (Phi) is 6.00. The Bertz CT molecular complexity index is 555. The van der Waals surface area contributed by atoms with E-state index in [0.717, 1.165) is 5.57 Å². The van der Waals surface area contributed by atoms with E-state index in [1.165, 1.54) is 6.07 Å². The minimum atomic E-state index is -3.55. The number of ether oxygens (including phenoxy) is 1. The molecular weight excluding hydrogens is 286 g/mol. The normalized spacial score (nSPS) is 11.5. The maximum Gasteiger partial charge on any atom is 0.240 e. The van der Waals surface area contributed by atoms with Crippen LogP contribution < -0.4 is 4.72 Å². The van der Waals surface area contributed by atoms with E-state index in [1.807, 2.05) is 6.92 Å². The van der Waals surface area contributed by atoms with Crippen LogP contribution in [0.1, 0.15) is 12.5 Å². The molecule has 0 bridgehead atoms. The van der Waals surface area contributed by atoms with Gasteiger partial charge in [0, 0.05) is 11.6 Å². The van der Waals surface area contributed by atoms with E-state index in [4.69, 9.17) is 16.3 Å². The highest BCUT2D eigenvalue weighted by Gasteiger charge is 2.16. The number of hydrogen-bond donors (Lipinski definition) is 1. The summed E-state index contributed by atoms with van der Waals surface area (Å²) in [4.78, 5) is 0.194. The van der Waals surface area contributed by atoms with Crippen molar-refractivity contribution in [3.63, 3.8) is 0 Å². The molecular formula is C13H18ClNO3S. The van der Waals surface area contributed by atoms with Gasteiger partial charge in [-0.1, -0.05) is 29.8 Å². The topological polar surface area (TPSA) is 55.4 Å². The van der Waals surface area contributed by atoms with Crippen LogP contribution in [0.25, 0.3) is 0 Å². The van der Waals surface area contributed by atoms with Crippen molar-refractivity contribution in [2.24, 2.45) is 0 Å². The maximum absolute atomic E-state index is 12.1. The third-order valence-electron chi connectivity index (χ3n) is 2.33. The zero-order chi connectivity index (χ0) is 14.5. The van der Waals surface area contributed by atoms with Gasteiger partial charge in [0.25, 0.3) is 0 Å². The summed E-state index contributed by atoms with van der Waals surface area (Å²) in [5.74, 6) is 0. The number of halogens is 1. The second-order valence-corrected chi connectivity index (χ2v) is 6.49. The van der Waals surface area contributed by atoms with Crippen LogP contribution in [0.3, 0.4) is 0 Å². The molecule has 0 radical (unpaired) electrons. The predicted octanol–water partition coefficient (Wildman–Crippen LogP) is 2.52. The minimum Gasteiger partial charge on any atom is -0.376 e. The van der Waals surface area contributed by atoms with Crippen molar-refractivity contribution >= 4 is 21.6 Å². The standard InChI is InChI=1S/C13H18ClNO3S/c1-10(2)9-18-7-6-15-19(16,17)13-8-12(14)5-4-11(13)3/h4-5,8,15H,1,6-7,9H2,2-3H3. The van der Waals surface area contributed by atoms with Gasteiger partial charge in [-0.05, 0) is 31.5 Å². The Morgan fingerprint density at radius 2 is 2.16 bits per heavy atom. The molecule has 4 nitrogen and oxygen atoms in total. The van der Waals surface area contributed by atoms with Gasteiger partial charge in [0.2, 0.25) is 10.0 Å². The van der Waals surface area contributed by atoms with Crippen LogP contribution in [-0.2, 0) is 14.8 Å². The number of benzene rings is 1. The van der Waals surface area contributed by atoms with Crippen molar-refractivity contribution in [2.45, 2.75) is 18.7 Å². The molecule has 1 aromatic carbocycles. The summed E-state index contributed by atoms with van der Waals surface area (Å²) in [5.41, 5.74) is 1.55. The van der Waals surface area contributed by atoms with Crippen molar-refractivity contribution in [3.8, 4) is 0 Å². The second kappa shape index (κ2) is 7.05. The largest absolute Gasteiger partial charge is 0.376 e. The van der Waals surface area contributed by atoms with Crippen molar-refractivity contribution in [2.75, 3.05) is 19.8 Å². The SMILES string of the molecule is C=C(C)COCCNS(=O)(=O)c1cc(Cl)ccc1C. The molecule has 1 N–H and O–H groups in total. The van der Waals surface area contributed by atoms with Gasteiger partial charge in [-0.15, -0.1) is 0 Å². The molecule has 0 aliphatic rings. The third kappa shape index (κ3) is 5.32. The summed E-state index contributed by atoms with van der Waals surface area (Å²) in [6, 6.07) is 4.77. The molecule has 0 atom stereocenters. The lowest BCUT2D eigenvalue weighted by Gasteiger charge is -2.10. The molecule has 0 aliphatic carbocycles. The van der Waals surface area contributed by atoms with Crippen molar-refractivity contribution in [3.05, 3.63) is 40.9 Å². The average molecular weight is 304 g/mol. The Morgan fingerprint density at radius 1 is 1.47 bits per heavy atom. The summed E-state index contributed by atoms with van der Waals surface area (Å²) in [6.07, 6.45) is 0. The zero-order valence-corrected chi connectivity index (χ0v) is 12.6. The fourth-order valence-electron chi connectivity index (χ4n) is 1.44. The van der Waals surface area contributed by atoms with Crippen molar-refractivity contribution < 1.29 is 13.2 Å². The van der Waals surface area contributed by atoms with Gasteiger partial charge >= 0.3 is 0 Å². The van der Waals surface area contributed by atoms with E-state index < -0.39 is 10.0 Å². The molecule has 19 heavy (non-hydrogen) atoms. The van der Waals surface area contributed by atoms with Gasteiger partial charge in [0.05, 0.1) is 18.1 Å². The lowest BCUT2D eigenvalue weighted by atomic mass is 10.2. The van der Waals surface area contributed by atoms with Gasteiger partial charge in [-0.2, -0.15) is 0 Å². The molecule has 0 amide bonds. The zero-order valence-electron chi connectivity index (χ0n) is 11.1. The first-order chi connectivity index (χ1) is 8.83. The lowest BCUT2D eigenvalue weighted by Crippen LogP contribution is -2.28. The molecule has 0 heterocycles. The maximum atomic E-state index is 12.1. The number of nitrogens with one attached hydrogen (secondary N) is 1. The number of sulfonamides is 1. The molecule has 0 saturated heterocycles. The molecule has 1 aromatic rings. The number of hydrogen-bond acceptors (Lipinski definition) is 3. The Labute approximate surface area is 119 Å². The summed E-state index contributed by atoms with van der Waals surface area (Å²) >= 11 is 5.81. The van der Waals surface area contributed by atoms with Crippen molar-refractivity contribution in [1.82, 2.24) is 4.72 Å². The molecule has 6 heteroatoms. The summed E-state index contributed by atoms with van der Waals surface area (Å²) in [6.45, 7) is 8.20. The van der Waals surface area contributed by atoms with Gasteiger partial charge in [-0.25, -0.2) is 13.1 Å². The van der Waals surface area contributed by atoms with E-state index in [-0.39, 0.29) is 11.4 Å². The Balaban J connectivity index is 2.61. The fourth-order valence-corrected chi connectivity index (χ4v) is 2.95. The van der Waals surface area contributed by atoms with Crippen LogP contribution in [0.5, 0.6) is 0 Å².